The number of thiophene rings is 1. The summed E-state index contributed by atoms with van der Waals surface area (Å²) < 4.78 is 5.54. The van der Waals surface area contributed by atoms with Crippen LogP contribution in [0.15, 0.2) is 39.9 Å². The molecule has 3 aromatic rings. The van der Waals surface area contributed by atoms with Gasteiger partial charge in [-0.3, -0.25) is 9.78 Å². The standard InChI is InChI=1S/C17H17N5O2S/c23-15(12-4-9-25-11-12)21-17(5-2-1-3-6-17)16-20-14(22-24-16)13-10-18-7-8-19-13/h4,7-11H,1-3,5-6H2,(H,21,23). The quantitative estimate of drug-likeness (QED) is 0.772. The van der Waals surface area contributed by atoms with Crippen molar-refractivity contribution in [3.05, 3.63) is 46.9 Å². The van der Waals surface area contributed by atoms with E-state index in [-0.39, 0.29) is 5.91 Å². The van der Waals surface area contributed by atoms with Gasteiger partial charge in [-0.05, 0) is 24.3 Å². The molecule has 0 atom stereocenters. The van der Waals surface area contributed by atoms with E-state index in [9.17, 15) is 4.79 Å². The maximum atomic E-state index is 12.6. The average Bonchev–Trinajstić information content (AvgIpc) is 3.35. The fourth-order valence-corrected chi connectivity index (χ4v) is 3.80. The molecule has 3 aromatic heterocycles. The third-order valence-electron chi connectivity index (χ3n) is 4.47. The van der Waals surface area contributed by atoms with Gasteiger partial charge in [-0.25, -0.2) is 4.98 Å². The lowest BCUT2D eigenvalue weighted by Crippen LogP contribution is -2.47. The van der Waals surface area contributed by atoms with E-state index in [0.29, 0.717) is 23.0 Å². The Morgan fingerprint density at radius 2 is 2.12 bits per heavy atom. The SMILES string of the molecule is O=C(NC1(c2nc(-c3cnccn3)no2)CCCCC1)c1ccsc1. The number of nitrogens with one attached hydrogen (secondary N) is 1. The van der Waals surface area contributed by atoms with Gasteiger partial charge in [-0.2, -0.15) is 16.3 Å². The Labute approximate surface area is 148 Å². The van der Waals surface area contributed by atoms with Crippen LogP contribution in [0.2, 0.25) is 0 Å². The molecule has 25 heavy (non-hydrogen) atoms. The molecule has 0 saturated heterocycles. The second kappa shape index (κ2) is 6.72. The number of carbonyl (C=O) groups excluding carboxylic acids is 1. The Hall–Kier alpha value is -2.61. The van der Waals surface area contributed by atoms with Gasteiger partial charge in [0.2, 0.25) is 5.82 Å². The molecule has 1 amide bonds. The topological polar surface area (TPSA) is 93.8 Å². The van der Waals surface area contributed by atoms with Crippen molar-refractivity contribution in [3.8, 4) is 11.5 Å². The van der Waals surface area contributed by atoms with Gasteiger partial charge in [0.05, 0.1) is 11.8 Å². The molecule has 1 aliphatic carbocycles. The van der Waals surface area contributed by atoms with Crippen molar-refractivity contribution in [1.82, 2.24) is 25.4 Å². The second-order valence-corrected chi connectivity index (χ2v) is 6.90. The van der Waals surface area contributed by atoms with Gasteiger partial charge in [0.15, 0.2) is 0 Å². The fourth-order valence-electron chi connectivity index (χ4n) is 3.17. The largest absolute Gasteiger partial charge is 0.338 e. The molecular weight excluding hydrogens is 338 g/mol. The van der Waals surface area contributed by atoms with Gasteiger partial charge in [0.1, 0.15) is 11.2 Å². The van der Waals surface area contributed by atoms with Crippen molar-refractivity contribution < 1.29 is 9.32 Å². The van der Waals surface area contributed by atoms with Crippen LogP contribution in [0.4, 0.5) is 0 Å². The van der Waals surface area contributed by atoms with E-state index < -0.39 is 5.54 Å². The first-order valence-corrected chi connectivity index (χ1v) is 9.16. The van der Waals surface area contributed by atoms with Crippen LogP contribution in [0.1, 0.15) is 48.4 Å². The van der Waals surface area contributed by atoms with Crippen LogP contribution in [-0.2, 0) is 5.54 Å². The molecule has 1 fully saturated rings. The zero-order valence-corrected chi connectivity index (χ0v) is 14.3. The molecule has 0 aliphatic heterocycles. The Bertz CT molecular complexity index is 841. The van der Waals surface area contributed by atoms with Crippen molar-refractivity contribution >= 4 is 17.2 Å². The predicted octanol–water partition coefficient (Wildman–Crippen LogP) is 3.18. The number of amides is 1. The lowest BCUT2D eigenvalue weighted by Gasteiger charge is -2.34. The van der Waals surface area contributed by atoms with Gasteiger partial charge >= 0.3 is 0 Å². The van der Waals surface area contributed by atoms with Gasteiger partial charge in [0, 0.05) is 17.8 Å². The highest BCUT2D eigenvalue weighted by Gasteiger charge is 2.41. The maximum Gasteiger partial charge on any atom is 0.252 e. The van der Waals surface area contributed by atoms with Gasteiger partial charge in [0.25, 0.3) is 11.8 Å². The summed E-state index contributed by atoms with van der Waals surface area (Å²) in [6.07, 6.45) is 9.48. The zero-order valence-electron chi connectivity index (χ0n) is 13.5. The van der Waals surface area contributed by atoms with Crippen molar-refractivity contribution in [2.45, 2.75) is 37.6 Å². The van der Waals surface area contributed by atoms with Crippen LogP contribution in [0.3, 0.4) is 0 Å². The number of aromatic nitrogens is 4. The van der Waals surface area contributed by atoms with E-state index in [4.69, 9.17) is 4.52 Å². The van der Waals surface area contributed by atoms with Crippen LogP contribution in [0.25, 0.3) is 11.5 Å². The van der Waals surface area contributed by atoms with Crippen LogP contribution in [0.5, 0.6) is 0 Å². The van der Waals surface area contributed by atoms with E-state index >= 15 is 0 Å². The van der Waals surface area contributed by atoms with E-state index in [1.807, 2.05) is 16.8 Å². The molecule has 4 rings (SSSR count). The summed E-state index contributed by atoms with van der Waals surface area (Å²) in [4.78, 5) is 25.4. The molecule has 7 nitrogen and oxygen atoms in total. The van der Waals surface area contributed by atoms with Crippen LogP contribution >= 0.6 is 11.3 Å². The van der Waals surface area contributed by atoms with Gasteiger partial charge in [-0.1, -0.05) is 24.4 Å². The summed E-state index contributed by atoms with van der Waals surface area (Å²) >= 11 is 1.50. The summed E-state index contributed by atoms with van der Waals surface area (Å²) in [7, 11) is 0. The molecule has 128 valence electrons. The van der Waals surface area contributed by atoms with E-state index in [2.05, 4.69) is 25.4 Å². The average molecular weight is 355 g/mol. The number of hydrogen-bond acceptors (Lipinski definition) is 7. The van der Waals surface area contributed by atoms with E-state index in [0.717, 1.165) is 32.1 Å². The normalized spacial score (nSPS) is 16.5. The van der Waals surface area contributed by atoms with Crippen LogP contribution in [-0.4, -0.2) is 26.0 Å². The number of nitrogens with zero attached hydrogens (tertiary/aromatic N) is 4. The first-order chi connectivity index (χ1) is 12.3. The first-order valence-electron chi connectivity index (χ1n) is 8.22. The molecule has 0 spiro atoms. The van der Waals surface area contributed by atoms with Gasteiger partial charge in [-0.15, -0.1) is 0 Å². The van der Waals surface area contributed by atoms with Crippen LogP contribution in [0, 0.1) is 0 Å². The lowest BCUT2D eigenvalue weighted by atomic mass is 9.81. The fraction of sp³-hybridized carbons (Fsp3) is 0.353. The molecule has 0 aromatic carbocycles. The Morgan fingerprint density at radius 1 is 1.24 bits per heavy atom. The van der Waals surface area contributed by atoms with Crippen LogP contribution < -0.4 is 5.32 Å². The van der Waals surface area contributed by atoms with Crippen molar-refractivity contribution in [1.29, 1.82) is 0 Å². The lowest BCUT2D eigenvalue weighted by molar-refractivity contribution is 0.0825. The Morgan fingerprint density at radius 3 is 2.84 bits per heavy atom. The Balaban J connectivity index is 1.65. The molecule has 1 saturated carbocycles. The molecule has 3 heterocycles. The monoisotopic (exact) mass is 355 g/mol. The van der Waals surface area contributed by atoms with Crippen molar-refractivity contribution in [3.63, 3.8) is 0 Å². The van der Waals surface area contributed by atoms with Crippen molar-refractivity contribution in [2.75, 3.05) is 0 Å². The molecular formula is C17H17N5O2S. The number of rotatable bonds is 4. The Kier molecular flexibility index (Phi) is 4.27. The molecule has 1 N–H and O–H groups in total. The highest BCUT2D eigenvalue weighted by atomic mass is 32.1. The summed E-state index contributed by atoms with van der Waals surface area (Å²) in [6.45, 7) is 0. The minimum absolute atomic E-state index is 0.109. The number of hydrogen-bond donors (Lipinski definition) is 1. The third kappa shape index (κ3) is 3.17. The molecule has 0 bridgehead atoms. The minimum Gasteiger partial charge on any atom is -0.338 e. The highest BCUT2D eigenvalue weighted by molar-refractivity contribution is 7.08. The minimum atomic E-state index is -0.620. The third-order valence-corrected chi connectivity index (χ3v) is 5.15. The predicted molar refractivity (Wildman–Crippen MR) is 91.9 cm³/mol. The van der Waals surface area contributed by atoms with E-state index in [1.54, 1.807) is 18.6 Å². The van der Waals surface area contributed by atoms with Gasteiger partial charge < -0.3 is 9.84 Å². The molecule has 0 radical (unpaired) electrons. The van der Waals surface area contributed by atoms with Crippen molar-refractivity contribution in [2.24, 2.45) is 0 Å². The molecule has 8 heteroatoms. The van der Waals surface area contributed by atoms with E-state index in [1.165, 1.54) is 11.3 Å². The smallest absolute Gasteiger partial charge is 0.252 e. The summed E-state index contributed by atoms with van der Waals surface area (Å²) in [5.74, 6) is 0.719. The zero-order chi connectivity index (χ0) is 17.1. The summed E-state index contributed by atoms with van der Waals surface area (Å²) in [6, 6.07) is 1.81. The summed E-state index contributed by atoms with van der Waals surface area (Å²) in [5.41, 5.74) is 0.585. The summed E-state index contributed by atoms with van der Waals surface area (Å²) in [5, 5.41) is 10.9. The first kappa shape index (κ1) is 15.9. The number of carbonyl (C=O) groups is 1. The molecule has 1 aliphatic rings. The maximum absolute atomic E-state index is 12.6. The highest BCUT2D eigenvalue weighted by Crippen LogP contribution is 2.37. The second-order valence-electron chi connectivity index (χ2n) is 6.12. The molecule has 0 unspecified atom stereocenters.